The third-order valence-corrected chi connectivity index (χ3v) is 4.62. The van der Waals surface area contributed by atoms with E-state index in [9.17, 15) is 5.11 Å². The zero-order valence-electron chi connectivity index (χ0n) is 9.62. The van der Waals surface area contributed by atoms with Crippen LogP contribution in [0.3, 0.4) is 0 Å². The number of hydrogen-bond donors (Lipinski definition) is 1. The van der Waals surface area contributed by atoms with Gasteiger partial charge in [-0.1, -0.05) is 22.0 Å². The lowest BCUT2D eigenvalue weighted by Gasteiger charge is -2.32. The molecule has 1 aliphatic rings. The van der Waals surface area contributed by atoms with E-state index < -0.39 is 5.60 Å². The maximum atomic E-state index is 10.8. The van der Waals surface area contributed by atoms with E-state index >= 15 is 0 Å². The third-order valence-electron chi connectivity index (χ3n) is 3.50. The van der Waals surface area contributed by atoms with Crippen LogP contribution in [0.2, 0.25) is 0 Å². The van der Waals surface area contributed by atoms with Crippen molar-refractivity contribution >= 4 is 31.9 Å². The Morgan fingerprint density at radius 3 is 2.72 bits per heavy atom. The van der Waals surface area contributed by atoms with Gasteiger partial charge in [0.2, 0.25) is 0 Å². The fourth-order valence-electron chi connectivity index (χ4n) is 2.56. The van der Waals surface area contributed by atoms with Gasteiger partial charge in [0.15, 0.2) is 0 Å². The molecule has 94 valence electrons. The summed E-state index contributed by atoms with van der Waals surface area (Å²) in [5, 5.41) is 10.8. The summed E-state index contributed by atoms with van der Waals surface area (Å²) in [5.74, 6) is 0.635. The van der Waals surface area contributed by atoms with Gasteiger partial charge in [-0.25, -0.2) is 0 Å². The smallest absolute Gasteiger partial charge is 0.149 e. The highest BCUT2D eigenvalue weighted by molar-refractivity contribution is 9.10. The first-order chi connectivity index (χ1) is 8.58. The standard InChI is InChI=1S/C14H12Br2O2/c15-11-2-1-10-8-14(17,5-3-9(10)7-11)13-12(16)4-6-18-13/h1-2,4,6-7,17H,3,5,8H2. The Morgan fingerprint density at radius 1 is 1.17 bits per heavy atom. The summed E-state index contributed by atoms with van der Waals surface area (Å²) in [4.78, 5) is 0. The quantitative estimate of drug-likeness (QED) is 0.815. The molecule has 1 aliphatic carbocycles. The third kappa shape index (κ3) is 2.06. The van der Waals surface area contributed by atoms with Crippen molar-refractivity contribution in [2.75, 3.05) is 0 Å². The molecule has 1 unspecified atom stereocenters. The van der Waals surface area contributed by atoms with Gasteiger partial charge in [-0.15, -0.1) is 0 Å². The molecule has 4 heteroatoms. The van der Waals surface area contributed by atoms with Crippen molar-refractivity contribution in [1.29, 1.82) is 0 Å². The van der Waals surface area contributed by atoms with Crippen molar-refractivity contribution in [2.24, 2.45) is 0 Å². The summed E-state index contributed by atoms with van der Waals surface area (Å²) in [6.45, 7) is 0. The largest absolute Gasteiger partial charge is 0.465 e. The highest BCUT2D eigenvalue weighted by atomic mass is 79.9. The molecule has 0 saturated carbocycles. The molecule has 0 fully saturated rings. The van der Waals surface area contributed by atoms with E-state index in [1.165, 1.54) is 11.1 Å². The predicted molar refractivity (Wildman–Crippen MR) is 76.5 cm³/mol. The molecule has 0 saturated heterocycles. The minimum absolute atomic E-state index is 0.599. The molecule has 0 spiro atoms. The second-order valence-corrected chi connectivity index (χ2v) is 6.49. The summed E-state index contributed by atoms with van der Waals surface area (Å²) in [7, 11) is 0. The Bertz CT molecular complexity index is 591. The van der Waals surface area contributed by atoms with Crippen molar-refractivity contribution < 1.29 is 9.52 Å². The first-order valence-electron chi connectivity index (χ1n) is 5.82. The average molecular weight is 372 g/mol. The predicted octanol–water partition coefficient (Wildman–Crippen LogP) is 4.18. The number of furan rings is 1. The monoisotopic (exact) mass is 370 g/mol. The van der Waals surface area contributed by atoms with Crippen LogP contribution in [0, 0.1) is 0 Å². The van der Waals surface area contributed by atoms with E-state index in [1.54, 1.807) is 6.26 Å². The molecule has 2 aromatic rings. The van der Waals surface area contributed by atoms with E-state index in [2.05, 4.69) is 44.0 Å². The van der Waals surface area contributed by atoms with Crippen molar-refractivity contribution in [1.82, 2.24) is 0 Å². The number of aliphatic hydroxyl groups is 1. The van der Waals surface area contributed by atoms with Crippen LogP contribution in [0.4, 0.5) is 0 Å². The molecule has 1 heterocycles. The lowest BCUT2D eigenvalue weighted by atomic mass is 9.79. The van der Waals surface area contributed by atoms with E-state index in [0.717, 1.165) is 15.4 Å². The molecule has 1 aromatic heterocycles. The number of hydrogen-bond acceptors (Lipinski definition) is 2. The fourth-order valence-corrected chi connectivity index (χ4v) is 3.54. The van der Waals surface area contributed by atoms with Crippen LogP contribution in [-0.4, -0.2) is 5.11 Å². The van der Waals surface area contributed by atoms with Crippen LogP contribution in [-0.2, 0) is 18.4 Å². The van der Waals surface area contributed by atoms with Gasteiger partial charge in [-0.2, -0.15) is 0 Å². The van der Waals surface area contributed by atoms with Gasteiger partial charge in [-0.05, 0) is 58.1 Å². The van der Waals surface area contributed by atoms with Gasteiger partial charge >= 0.3 is 0 Å². The first-order valence-corrected chi connectivity index (χ1v) is 7.40. The highest BCUT2D eigenvalue weighted by Gasteiger charge is 2.38. The molecular weight excluding hydrogens is 360 g/mol. The number of benzene rings is 1. The zero-order valence-corrected chi connectivity index (χ0v) is 12.8. The van der Waals surface area contributed by atoms with Crippen LogP contribution >= 0.6 is 31.9 Å². The second-order valence-electron chi connectivity index (χ2n) is 4.72. The SMILES string of the molecule is OC1(c2occc2Br)CCc2cc(Br)ccc2C1. The molecule has 3 rings (SSSR count). The van der Waals surface area contributed by atoms with Gasteiger partial charge in [0.05, 0.1) is 10.7 Å². The lowest BCUT2D eigenvalue weighted by molar-refractivity contribution is 0.000429. The number of halogens is 2. The molecule has 0 aliphatic heterocycles. The Hall–Kier alpha value is -0.580. The van der Waals surface area contributed by atoms with Gasteiger partial charge in [0.25, 0.3) is 0 Å². The number of fused-ring (bicyclic) bond motifs is 1. The maximum absolute atomic E-state index is 10.8. The highest BCUT2D eigenvalue weighted by Crippen LogP contribution is 2.40. The minimum Gasteiger partial charge on any atom is -0.465 e. The van der Waals surface area contributed by atoms with Gasteiger partial charge in [0.1, 0.15) is 11.4 Å². The molecule has 1 aromatic carbocycles. The molecule has 18 heavy (non-hydrogen) atoms. The normalized spacial score (nSPS) is 22.8. The summed E-state index contributed by atoms with van der Waals surface area (Å²) in [6.07, 6.45) is 3.75. The molecule has 1 N–H and O–H groups in total. The molecule has 0 amide bonds. The fraction of sp³-hybridized carbons (Fsp3) is 0.286. The molecule has 2 nitrogen and oxygen atoms in total. The van der Waals surface area contributed by atoms with Crippen LogP contribution in [0.15, 0.2) is 43.9 Å². The topological polar surface area (TPSA) is 33.4 Å². The van der Waals surface area contributed by atoms with Crippen LogP contribution in [0.1, 0.15) is 23.3 Å². The summed E-state index contributed by atoms with van der Waals surface area (Å²) in [6, 6.07) is 8.04. The Kier molecular flexibility index (Phi) is 3.12. The molecule has 1 atom stereocenters. The lowest BCUT2D eigenvalue weighted by Crippen LogP contribution is -2.33. The maximum Gasteiger partial charge on any atom is 0.149 e. The van der Waals surface area contributed by atoms with Crippen molar-refractivity contribution in [3.8, 4) is 0 Å². The van der Waals surface area contributed by atoms with Crippen molar-refractivity contribution in [3.05, 3.63) is 56.4 Å². The van der Waals surface area contributed by atoms with Gasteiger partial charge in [0, 0.05) is 10.9 Å². The zero-order chi connectivity index (χ0) is 12.8. The van der Waals surface area contributed by atoms with Crippen molar-refractivity contribution in [2.45, 2.75) is 24.9 Å². The Labute approximate surface area is 122 Å². The minimum atomic E-state index is -0.900. The van der Waals surface area contributed by atoms with E-state index in [-0.39, 0.29) is 0 Å². The Balaban J connectivity index is 1.99. The summed E-state index contributed by atoms with van der Waals surface area (Å²) < 4.78 is 7.37. The average Bonchev–Trinajstić information content (AvgIpc) is 2.77. The molecule has 0 bridgehead atoms. The first kappa shape index (κ1) is 12.5. The van der Waals surface area contributed by atoms with Crippen LogP contribution in [0.5, 0.6) is 0 Å². The second kappa shape index (κ2) is 4.51. The number of rotatable bonds is 1. The van der Waals surface area contributed by atoms with E-state index in [0.29, 0.717) is 18.6 Å². The molecular formula is C14H12Br2O2. The van der Waals surface area contributed by atoms with Crippen molar-refractivity contribution in [3.63, 3.8) is 0 Å². The number of aryl methyl sites for hydroxylation is 1. The molecule has 0 radical (unpaired) electrons. The van der Waals surface area contributed by atoms with Crippen LogP contribution in [0.25, 0.3) is 0 Å². The van der Waals surface area contributed by atoms with Gasteiger partial charge in [-0.3, -0.25) is 0 Å². The van der Waals surface area contributed by atoms with Crippen LogP contribution < -0.4 is 0 Å². The summed E-state index contributed by atoms with van der Waals surface area (Å²) >= 11 is 6.91. The van der Waals surface area contributed by atoms with Gasteiger partial charge < -0.3 is 9.52 Å². The van der Waals surface area contributed by atoms with E-state index in [4.69, 9.17) is 4.42 Å². The van der Waals surface area contributed by atoms with E-state index in [1.807, 2.05) is 12.1 Å². The summed E-state index contributed by atoms with van der Waals surface area (Å²) in [5.41, 5.74) is 1.59. The Morgan fingerprint density at radius 2 is 2.00 bits per heavy atom.